The van der Waals surface area contributed by atoms with Crippen molar-refractivity contribution >= 4 is 11.9 Å². The van der Waals surface area contributed by atoms with Gasteiger partial charge in [0.25, 0.3) is 0 Å². The third-order valence-corrected chi connectivity index (χ3v) is 5.38. The lowest BCUT2D eigenvalue weighted by molar-refractivity contribution is -0.150. The molecule has 3 saturated carbocycles. The number of carboxylic acids is 1. The van der Waals surface area contributed by atoms with Crippen molar-refractivity contribution in [3.05, 3.63) is 0 Å². The zero-order chi connectivity index (χ0) is 13.6. The van der Waals surface area contributed by atoms with E-state index in [9.17, 15) is 14.7 Å². The summed E-state index contributed by atoms with van der Waals surface area (Å²) >= 11 is 0. The molecule has 3 fully saturated rings. The number of carbonyl (C=O) groups is 2. The summed E-state index contributed by atoms with van der Waals surface area (Å²) in [5.41, 5.74) is -0.998. The third kappa shape index (κ3) is 2.37. The molecule has 0 aromatic carbocycles. The topological polar surface area (TPSA) is 66.4 Å². The molecule has 3 aliphatic rings. The van der Waals surface area contributed by atoms with Crippen molar-refractivity contribution in [2.24, 2.45) is 23.7 Å². The Morgan fingerprint density at radius 3 is 2.47 bits per heavy atom. The van der Waals surface area contributed by atoms with Gasteiger partial charge in [-0.25, -0.2) is 4.79 Å². The van der Waals surface area contributed by atoms with Crippen LogP contribution in [0, 0.1) is 23.7 Å². The molecule has 2 N–H and O–H groups in total. The third-order valence-electron chi connectivity index (χ3n) is 5.38. The first-order valence-electron chi connectivity index (χ1n) is 7.55. The Bertz CT molecular complexity index is 398. The van der Waals surface area contributed by atoms with Crippen molar-refractivity contribution in [1.29, 1.82) is 0 Å². The first-order chi connectivity index (χ1) is 9.00. The molecule has 19 heavy (non-hydrogen) atoms. The first-order valence-corrected chi connectivity index (χ1v) is 7.55. The predicted octanol–water partition coefficient (Wildman–Crippen LogP) is 2.18. The molecule has 3 rings (SSSR count). The summed E-state index contributed by atoms with van der Waals surface area (Å²) in [6, 6.07) is 0. The number of carbonyl (C=O) groups excluding carboxylic acids is 1. The van der Waals surface area contributed by atoms with E-state index in [1.807, 2.05) is 0 Å². The maximum Gasteiger partial charge on any atom is 0.329 e. The normalized spacial score (nSPS) is 44.5. The maximum absolute atomic E-state index is 12.3. The highest BCUT2D eigenvalue weighted by Crippen LogP contribution is 2.54. The lowest BCUT2D eigenvalue weighted by atomic mass is 9.76. The second kappa shape index (κ2) is 4.50. The average molecular weight is 265 g/mol. The first kappa shape index (κ1) is 12.9. The van der Waals surface area contributed by atoms with Crippen LogP contribution in [-0.2, 0) is 9.59 Å². The maximum atomic E-state index is 12.3. The highest BCUT2D eigenvalue weighted by atomic mass is 16.4. The average Bonchev–Trinajstić information content (AvgIpc) is 2.96. The molecule has 1 amide bonds. The molecule has 4 heteroatoms. The van der Waals surface area contributed by atoms with E-state index >= 15 is 0 Å². The molecule has 4 atom stereocenters. The Balaban J connectivity index is 1.67. The summed E-state index contributed by atoms with van der Waals surface area (Å²) in [4.78, 5) is 24.0. The summed E-state index contributed by atoms with van der Waals surface area (Å²) in [5, 5.41) is 12.5. The zero-order valence-electron chi connectivity index (χ0n) is 11.5. The standard InChI is InChI=1S/C15H23NO3/c1-9-3-2-4-15(8-9,14(18)19)16-13(17)12-6-10-5-11(10)7-12/h9-12H,2-8H2,1H3,(H,16,17)(H,18,19). The van der Waals surface area contributed by atoms with Gasteiger partial charge in [-0.1, -0.05) is 19.8 Å². The SMILES string of the molecule is CC1CCCC(NC(=O)C2CC3CC3C2)(C(=O)O)C1. The van der Waals surface area contributed by atoms with E-state index in [2.05, 4.69) is 12.2 Å². The van der Waals surface area contributed by atoms with Crippen LogP contribution in [0.5, 0.6) is 0 Å². The number of aliphatic carboxylic acids is 1. The van der Waals surface area contributed by atoms with Crippen molar-refractivity contribution in [3.63, 3.8) is 0 Å². The molecule has 0 aliphatic heterocycles. The second-order valence-electron chi connectivity index (χ2n) is 7.00. The van der Waals surface area contributed by atoms with Crippen molar-refractivity contribution in [3.8, 4) is 0 Å². The molecular formula is C15H23NO3. The molecule has 0 aromatic heterocycles. The molecule has 4 unspecified atom stereocenters. The van der Waals surface area contributed by atoms with Gasteiger partial charge in [0, 0.05) is 5.92 Å². The minimum absolute atomic E-state index is 0.0105. The molecular weight excluding hydrogens is 242 g/mol. The van der Waals surface area contributed by atoms with Gasteiger partial charge < -0.3 is 10.4 Å². The molecule has 106 valence electrons. The van der Waals surface area contributed by atoms with Crippen molar-refractivity contribution in [1.82, 2.24) is 5.32 Å². The Morgan fingerprint density at radius 1 is 1.21 bits per heavy atom. The summed E-state index contributed by atoms with van der Waals surface area (Å²) in [7, 11) is 0. The molecule has 0 heterocycles. The van der Waals surface area contributed by atoms with Gasteiger partial charge in [0.05, 0.1) is 0 Å². The van der Waals surface area contributed by atoms with Gasteiger partial charge in [0.2, 0.25) is 5.91 Å². The van der Waals surface area contributed by atoms with E-state index in [0.29, 0.717) is 18.8 Å². The number of carboxylic acid groups (broad SMARTS) is 1. The lowest BCUT2D eigenvalue weighted by Crippen LogP contribution is -2.58. The molecule has 0 aromatic rings. The summed E-state index contributed by atoms with van der Waals surface area (Å²) in [6.07, 6.45) is 6.35. The Kier molecular flexibility index (Phi) is 3.06. The number of rotatable bonds is 3. The van der Waals surface area contributed by atoms with Gasteiger partial charge in [0.15, 0.2) is 0 Å². The van der Waals surface area contributed by atoms with Crippen molar-refractivity contribution in [2.45, 2.75) is 57.4 Å². The van der Waals surface area contributed by atoms with Crippen LogP contribution in [0.15, 0.2) is 0 Å². The quantitative estimate of drug-likeness (QED) is 0.822. The number of fused-ring (bicyclic) bond motifs is 1. The number of nitrogens with one attached hydrogen (secondary N) is 1. The second-order valence-corrected chi connectivity index (χ2v) is 7.00. The van der Waals surface area contributed by atoms with Crippen LogP contribution >= 0.6 is 0 Å². The molecule has 0 radical (unpaired) electrons. The van der Waals surface area contributed by atoms with Crippen LogP contribution in [0.3, 0.4) is 0 Å². The molecule has 3 aliphatic carbocycles. The largest absolute Gasteiger partial charge is 0.480 e. The highest BCUT2D eigenvalue weighted by molar-refractivity contribution is 5.88. The molecule has 0 saturated heterocycles. The van der Waals surface area contributed by atoms with Crippen molar-refractivity contribution < 1.29 is 14.7 Å². The Morgan fingerprint density at radius 2 is 1.89 bits per heavy atom. The van der Waals surface area contributed by atoms with Crippen LogP contribution in [-0.4, -0.2) is 22.5 Å². The van der Waals surface area contributed by atoms with Crippen LogP contribution in [0.4, 0.5) is 0 Å². The molecule has 0 bridgehead atoms. The molecule has 0 spiro atoms. The van der Waals surface area contributed by atoms with Gasteiger partial charge in [-0.3, -0.25) is 4.79 Å². The number of amides is 1. The van der Waals surface area contributed by atoms with Crippen LogP contribution < -0.4 is 5.32 Å². The fourth-order valence-corrected chi connectivity index (χ4v) is 4.18. The Hall–Kier alpha value is -1.06. The van der Waals surface area contributed by atoms with E-state index in [1.54, 1.807) is 0 Å². The monoisotopic (exact) mass is 265 g/mol. The van der Waals surface area contributed by atoms with E-state index in [-0.39, 0.29) is 11.8 Å². The summed E-state index contributed by atoms with van der Waals surface area (Å²) < 4.78 is 0. The molecule has 4 nitrogen and oxygen atoms in total. The van der Waals surface area contributed by atoms with E-state index < -0.39 is 11.5 Å². The van der Waals surface area contributed by atoms with Gasteiger partial charge >= 0.3 is 5.97 Å². The van der Waals surface area contributed by atoms with Crippen molar-refractivity contribution in [2.75, 3.05) is 0 Å². The Labute approximate surface area is 113 Å². The number of hydrogen-bond acceptors (Lipinski definition) is 2. The van der Waals surface area contributed by atoms with E-state index in [4.69, 9.17) is 0 Å². The highest BCUT2D eigenvalue weighted by Gasteiger charge is 2.50. The minimum Gasteiger partial charge on any atom is -0.480 e. The van der Waals surface area contributed by atoms with Gasteiger partial charge in [-0.2, -0.15) is 0 Å². The van der Waals surface area contributed by atoms with Crippen LogP contribution in [0.2, 0.25) is 0 Å². The number of hydrogen-bond donors (Lipinski definition) is 2. The van der Waals surface area contributed by atoms with Gasteiger partial charge in [-0.15, -0.1) is 0 Å². The van der Waals surface area contributed by atoms with Gasteiger partial charge in [0.1, 0.15) is 5.54 Å². The fraction of sp³-hybridized carbons (Fsp3) is 0.867. The van der Waals surface area contributed by atoms with Gasteiger partial charge in [-0.05, 0) is 49.9 Å². The minimum atomic E-state index is -0.998. The fourth-order valence-electron chi connectivity index (χ4n) is 4.18. The lowest BCUT2D eigenvalue weighted by Gasteiger charge is -2.37. The summed E-state index contributed by atoms with van der Waals surface area (Å²) in [6.45, 7) is 2.08. The smallest absolute Gasteiger partial charge is 0.329 e. The van der Waals surface area contributed by atoms with Crippen LogP contribution in [0.1, 0.15) is 51.9 Å². The van der Waals surface area contributed by atoms with E-state index in [0.717, 1.165) is 37.5 Å². The predicted molar refractivity (Wildman–Crippen MR) is 70.5 cm³/mol. The van der Waals surface area contributed by atoms with E-state index in [1.165, 1.54) is 6.42 Å². The zero-order valence-corrected chi connectivity index (χ0v) is 11.5. The summed E-state index contributed by atoms with van der Waals surface area (Å²) in [5.74, 6) is 1.09. The van der Waals surface area contributed by atoms with Crippen LogP contribution in [0.25, 0.3) is 0 Å².